The maximum Gasteiger partial charge on any atom is 0.408 e. The second-order valence-corrected chi connectivity index (χ2v) is 7.92. The van der Waals surface area contributed by atoms with Gasteiger partial charge in [0, 0.05) is 12.5 Å². The van der Waals surface area contributed by atoms with Gasteiger partial charge in [0.1, 0.15) is 11.9 Å². The normalized spacial score (nSPS) is 30.9. The molecule has 1 heterocycles. The van der Waals surface area contributed by atoms with E-state index >= 15 is 0 Å². The van der Waals surface area contributed by atoms with Crippen LogP contribution in [0.3, 0.4) is 0 Å². The van der Waals surface area contributed by atoms with Gasteiger partial charge in [0.15, 0.2) is 0 Å². The second kappa shape index (κ2) is 5.71. The summed E-state index contributed by atoms with van der Waals surface area (Å²) in [5.41, 5.74) is 0.525. The van der Waals surface area contributed by atoms with E-state index in [1.165, 1.54) is 12.1 Å². The largest absolute Gasteiger partial charge is 0.408 e. The van der Waals surface area contributed by atoms with E-state index < -0.39 is 18.1 Å². The van der Waals surface area contributed by atoms with Crippen LogP contribution in [0, 0.1) is 17.2 Å². The third kappa shape index (κ3) is 2.83. The molecule has 25 heavy (non-hydrogen) atoms. The van der Waals surface area contributed by atoms with Gasteiger partial charge in [0.25, 0.3) is 0 Å². The number of rotatable bonds is 2. The fourth-order valence-electron chi connectivity index (χ4n) is 4.74. The number of hydrogen-bond donors (Lipinski definition) is 0. The van der Waals surface area contributed by atoms with Gasteiger partial charge in [-0.2, -0.15) is 13.2 Å². The van der Waals surface area contributed by atoms with E-state index in [1.807, 2.05) is 0 Å². The topological polar surface area (TPSA) is 20.3 Å². The number of carbonyl (C=O) groups excluding carboxylic acids is 1. The molecule has 3 fully saturated rings. The SMILES string of the molecule is O=C(C1CCC1c1ccc(F)cc1)N1CC2(CCC2)CC1C(F)(F)F. The second-order valence-electron chi connectivity index (χ2n) is 7.92. The maximum atomic E-state index is 13.5. The highest BCUT2D eigenvalue weighted by molar-refractivity contribution is 5.82. The molecule has 1 aliphatic heterocycles. The van der Waals surface area contributed by atoms with E-state index in [2.05, 4.69) is 0 Å². The maximum absolute atomic E-state index is 13.5. The molecule has 3 aliphatic rings. The number of alkyl halides is 3. The zero-order valence-electron chi connectivity index (χ0n) is 13.9. The van der Waals surface area contributed by atoms with Gasteiger partial charge in [-0.3, -0.25) is 4.79 Å². The monoisotopic (exact) mass is 355 g/mol. The van der Waals surface area contributed by atoms with Gasteiger partial charge in [-0.05, 0) is 61.1 Å². The minimum Gasteiger partial charge on any atom is -0.330 e. The minimum atomic E-state index is -4.37. The van der Waals surface area contributed by atoms with Gasteiger partial charge < -0.3 is 4.90 Å². The summed E-state index contributed by atoms with van der Waals surface area (Å²) in [5, 5.41) is 0. The standard InChI is InChI=1S/C19H21F4NO/c20-13-4-2-12(3-5-13)14-6-7-15(14)17(25)24-11-18(8-1-9-18)10-16(24)19(21,22)23/h2-5,14-16H,1,6-11H2. The molecule has 6 heteroatoms. The van der Waals surface area contributed by atoms with Gasteiger partial charge in [0.05, 0.1) is 0 Å². The Balaban J connectivity index is 1.53. The molecule has 2 nitrogen and oxygen atoms in total. The van der Waals surface area contributed by atoms with Gasteiger partial charge in [-0.25, -0.2) is 4.39 Å². The Kier molecular flexibility index (Phi) is 3.85. The molecule has 2 saturated carbocycles. The Hall–Kier alpha value is -1.59. The van der Waals surface area contributed by atoms with Crippen molar-refractivity contribution >= 4 is 5.91 Å². The Morgan fingerprint density at radius 2 is 1.80 bits per heavy atom. The van der Waals surface area contributed by atoms with Crippen LogP contribution in [-0.4, -0.2) is 29.6 Å². The predicted molar refractivity (Wildman–Crippen MR) is 84.3 cm³/mol. The van der Waals surface area contributed by atoms with Crippen molar-refractivity contribution in [2.24, 2.45) is 11.3 Å². The van der Waals surface area contributed by atoms with Gasteiger partial charge in [-0.1, -0.05) is 18.6 Å². The molecule has 0 bridgehead atoms. The Morgan fingerprint density at radius 1 is 1.12 bits per heavy atom. The summed E-state index contributed by atoms with van der Waals surface area (Å²) in [5.74, 6) is -1.23. The Morgan fingerprint density at radius 3 is 2.28 bits per heavy atom. The molecule has 4 rings (SSSR count). The van der Waals surface area contributed by atoms with Crippen molar-refractivity contribution in [2.45, 2.75) is 56.7 Å². The Bertz CT molecular complexity index is 665. The molecular weight excluding hydrogens is 334 g/mol. The summed E-state index contributed by atoms with van der Waals surface area (Å²) < 4.78 is 53.6. The lowest BCUT2D eigenvalue weighted by atomic mass is 9.67. The summed E-state index contributed by atoms with van der Waals surface area (Å²) in [4.78, 5) is 14.0. The number of halogens is 4. The van der Waals surface area contributed by atoms with Crippen LogP contribution in [0.25, 0.3) is 0 Å². The van der Waals surface area contributed by atoms with E-state index in [1.54, 1.807) is 12.1 Å². The average molecular weight is 355 g/mol. The number of benzene rings is 1. The lowest BCUT2D eigenvalue weighted by Gasteiger charge is -2.41. The third-order valence-electron chi connectivity index (χ3n) is 6.47. The summed E-state index contributed by atoms with van der Waals surface area (Å²) in [7, 11) is 0. The minimum absolute atomic E-state index is 0.0518. The molecule has 3 unspecified atom stereocenters. The van der Waals surface area contributed by atoms with Crippen LogP contribution < -0.4 is 0 Å². The molecule has 3 atom stereocenters. The quantitative estimate of drug-likeness (QED) is 0.707. The van der Waals surface area contributed by atoms with Crippen molar-refractivity contribution in [3.63, 3.8) is 0 Å². The lowest BCUT2D eigenvalue weighted by Crippen LogP contribution is -2.50. The van der Waals surface area contributed by atoms with Crippen LogP contribution in [0.4, 0.5) is 17.6 Å². The molecule has 1 aromatic rings. The molecule has 0 N–H and O–H groups in total. The summed E-state index contributed by atoms with van der Waals surface area (Å²) >= 11 is 0. The van der Waals surface area contributed by atoms with E-state index in [0.29, 0.717) is 6.42 Å². The number of hydrogen-bond acceptors (Lipinski definition) is 1. The predicted octanol–water partition coefficient (Wildman–Crippen LogP) is 4.65. The Labute approximate surface area is 144 Å². The van der Waals surface area contributed by atoms with E-state index in [9.17, 15) is 22.4 Å². The van der Waals surface area contributed by atoms with E-state index in [0.717, 1.165) is 36.1 Å². The number of carbonyl (C=O) groups is 1. The number of nitrogens with zero attached hydrogens (tertiary/aromatic N) is 1. The van der Waals surface area contributed by atoms with Crippen molar-refractivity contribution < 1.29 is 22.4 Å². The number of amides is 1. The van der Waals surface area contributed by atoms with Crippen LogP contribution in [0.5, 0.6) is 0 Å². The zero-order chi connectivity index (χ0) is 17.8. The van der Waals surface area contributed by atoms with Gasteiger partial charge in [0.2, 0.25) is 5.91 Å². The highest BCUT2D eigenvalue weighted by Crippen LogP contribution is 2.54. The van der Waals surface area contributed by atoms with E-state index in [4.69, 9.17) is 0 Å². The molecule has 0 aromatic heterocycles. The van der Waals surface area contributed by atoms with Gasteiger partial charge >= 0.3 is 6.18 Å². The first kappa shape index (κ1) is 16.9. The van der Waals surface area contributed by atoms with Crippen molar-refractivity contribution in [1.29, 1.82) is 0 Å². The van der Waals surface area contributed by atoms with Gasteiger partial charge in [-0.15, -0.1) is 0 Å². The van der Waals surface area contributed by atoms with Crippen LogP contribution >= 0.6 is 0 Å². The molecule has 2 aliphatic carbocycles. The highest BCUT2D eigenvalue weighted by Gasteiger charge is 2.59. The first-order valence-electron chi connectivity index (χ1n) is 8.92. The third-order valence-corrected chi connectivity index (χ3v) is 6.47. The first-order chi connectivity index (χ1) is 11.8. The average Bonchev–Trinajstić information content (AvgIpc) is 2.90. The molecule has 1 aromatic carbocycles. The van der Waals surface area contributed by atoms with Crippen molar-refractivity contribution in [3.05, 3.63) is 35.6 Å². The lowest BCUT2D eigenvalue weighted by molar-refractivity contribution is -0.186. The smallest absolute Gasteiger partial charge is 0.330 e. The van der Waals surface area contributed by atoms with Crippen LogP contribution in [0.15, 0.2) is 24.3 Å². The molecular formula is C19H21F4NO. The molecule has 1 spiro atoms. The first-order valence-corrected chi connectivity index (χ1v) is 8.92. The molecule has 1 saturated heterocycles. The number of likely N-dealkylation sites (tertiary alicyclic amines) is 1. The summed E-state index contributed by atoms with van der Waals surface area (Å²) in [6, 6.07) is 4.31. The molecule has 136 valence electrons. The van der Waals surface area contributed by atoms with Crippen LogP contribution in [0.1, 0.15) is 50.0 Å². The van der Waals surface area contributed by atoms with E-state index in [-0.39, 0.29) is 36.0 Å². The van der Waals surface area contributed by atoms with Crippen molar-refractivity contribution in [3.8, 4) is 0 Å². The summed E-state index contributed by atoms with van der Waals surface area (Å²) in [6.45, 7) is 0.239. The summed E-state index contributed by atoms with van der Waals surface area (Å²) in [6.07, 6.45) is -0.425. The highest BCUT2D eigenvalue weighted by atomic mass is 19.4. The van der Waals surface area contributed by atoms with Crippen LogP contribution in [0.2, 0.25) is 0 Å². The zero-order valence-corrected chi connectivity index (χ0v) is 13.9. The van der Waals surface area contributed by atoms with Crippen molar-refractivity contribution in [2.75, 3.05) is 6.54 Å². The van der Waals surface area contributed by atoms with Crippen molar-refractivity contribution in [1.82, 2.24) is 4.90 Å². The molecule has 1 amide bonds. The fourth-order valence-corrected chi connectivity index (χ4v) is 4.74. The van der Waals surface area contributed by atoms with Crippen LogP contribution in [-0.2, 0) is 4.79 Å². The molecule has 0 radical (unpaired) electrons. The fraction of sp³-hybridized carbons (Fsp3) is 0.632.